The Kier molecular flexibility index (Phi) is 4.23. The largest absolute Gasteiger partial charge is 0.467 e. The molecule has 9 heteroatoms. The first-order chi connectivity index (χ1) is 11.5. The maximum Gasteiger partial charge on any atom is 0.378 e. The van der Waals surface area contributed by atoms with E-state index in [0.717, 1.165) is 11.4 Å². The third-order valence-corrected chi connectivity index (χ3v) is 3.18. The zero-order valence-corrected chi connectivity index (χ0v) is 13.1. The maximum atomic E-state index is 12.0. The van der Waals surface area contributed by atoms with Gasteiger partial charge in [-0.3, -0.25) is 4.79 Å². The molecule has 3 aromatic rings. The molecule has 3 rings (SSSR count). The Bertz CT molecular complexity index is 885. The van der Waals surface area contributed by atoms with E-state index in [4.69, 9.17) is 9.15 Å². The van der Waals surface area contributed by atoms with Crippen LogP contribution in [-0.4, -0.2) is 38.1 Å². The number of carbonyl (C=O) groups is 2. The first-order valence-corrected chi connectivity index (χ1v) is 7.20. The number of nitrogens with zero attached hydrogens (tertiary/aromatic N) is 4. The number of hydrogen-bond acceptors (Lipinski definition) is 7. The number of carbonyl (C=O) groups excluding carboxylic acids is 2. The van der Waals surface area contributed by atoms with Gasteiger partial charge in [0, 0.05) is 11.4 Å². The van der Waals surface area contributed by atoms with Crippen LogP contribution in [0.2, 0.25) is 0 Å². The Labute approximate surface area is 136 Å². The molecule has 0 aliphatic carbocycles. The summed E-state index contributed by atoms with van der Waals surface area (Å²) in [6.07, 6.45) is 1.51. The second kappa shape index (κ2) is 6.49. The number of furan rings is 1. The summed E-state index contributed by atoms with van der Waals surface area (Å²) in [5.41, 5.74) is 1.56. The van der Waals surface area contributed by atoms with Gasteiger partial charge in [0.25, 0.3) is 17.5 Å². The first-order valence-electron chi connectivity index (χ1n) is 7.20. The van der Waals surface area contributed by atoms with E-state index in [9.17, 15) is 9.59 Å². The van der Waals surface area contributed by atoms with Crippen LogP contribution in [0, 0.1) is 13.8 Å². The van der Waals surface area contributed by atoms with Crippen molar-refractivity contribution >= 4 is 17.7 Å². The van der Waals surface area contributed by atoms with Crippen molar-refractivity contribution < 1.29 is 18.7 Å². The molecule has 0 saturated heterocycles. The van der Waals surface area contributed by atoms with E-state index in [1.807, 2.05) is 19.9 Å². The fourth-order valence-electron chi connectivity index (χ4n) is 2.10. The van der Waals surface area contributed by atoms with E-state index in [0.29, 0.717) is 11.5 Å². The second-order valence-corrected chi connectivity index (χ2v) is 5.12. The summed E-state index contributed by atoms with van der Waals surface area (Å²) in [5.74, 6) is -0.468. The highest BCUT2D eigenvalue weighted by Crippen LogP contribution is 2.06. The number of aryl methyl sites for hydroxylation is 2. The number of amides is 1. The van der Waals surface area contributed by atoms with Gasteiger partial charge in [-0.15, -0.1) is 5.10 Å². The molecule has 0 aromatic carbocycles. The molecule has 0 radical (unpaired) electrons. The summed E-state index contributed by atoms with van der Waals surface area (Å²) in [5, 5.41) is 6.61. The molecular weight excluding hydrogens is 314 g/mol. The summed E-state index contributed by atoms with van der Waals surface area (Å²) in [6, 6.07) is 5.26. The molecule has 0 spiro atoms. The summed E-state index contributed by atoms with van der Waals surface area (Å²) < 4.78 is 11.4. The van der Waals surface area contributed by atoms with Gasteiger partial charge < -0.3 is 14.5 Å². The van der Waals surface area contributed by atoms with Crippen LogP contribution in [0.15, 0.2) is 28.9 Å². The van der Waals surface area contributed by atoms with Crippen molar-refractivity contribution in [3.8, 4) is 0 Å². The van der Waals surface area contributed by atoms with E-state index < -0.39 is 18.5 Å². The summed E-state index contributed by atoms with van der Waals surface area (Å²) in [4.78, 5) is 31.8. The predicted octanol–water partition coefficient (Wildman–Crippen LogP) is 0.807. The van der Waals surface area contributed by atoms with Crippen molar-refractivity contribution in [1.29, 1.82) is 0 Å². The Morgan fingerprint density at radius 1 is 1.33 bits per heavy atom. The molecule has 0 aliphatic heterocycles. The van der Waals surface area contributed by atoms with Crippen LogP contribution < -0.4 is 5.32 Å². The van der Waals surface area contributed by atoms with Crippen LogP contribution in [0.3, 0.4) is 0 Å². The van der Waals surface area contributed by atoms with Crippen LogP contribution in [-0.2, 0) is 16.1 Å². The minimum absolute atomic E-state index is 0.143. The second-order valence-electron chi connectivity index (χ2n) is 5.12. The number of ether oxygens (including phenoxy) is 1. The third kappa shape index (κ3) is 3.40. The molecule has 1 amide bonds. The van der Waals surface area contributed by atoms with Gasteiger partial charge in [0.05, 0.1) is 12.8 Å². The van der Waals surface area contributed by atoms with Gasteiger partial charge in [0.2, 0.25) is 0 Å². The normalized spacial score (nSPS) is 10.8. The van der Waals surface area contributed by atoms with Gasteiger partial charge in [0.15, 0.2) is 6.61 Å². The SMILES string of the molecule is Cc1cc(C)n2nc(C(=O)OCC(=O)NCc3ccco3)nc2n1. The minimum atomic E-state index is -0.786. The highest BCUT2D eigenvalue weighted by molar-refractivity contribution is 5.88. The molecule has 9 nitrogen and oxygen atoms in total. The lowest BCUT2D eigenvalue weighted by Crippen LogP contribution is -2.28. The lowest BCUT2D eigenvalue weighted by atomic mass is 10.4. The highest BCUT2D eigenvalue weighted by Gasteiger charge is 2.17. The van der Waals surface area contributed by atoms with Crippen molar-refractivity contribution in [2.45, 2.75) is 20.4 Å². The molecule has 0 saturated carbocycles. The van der Waals surface area contributed by atoms with Crippen molar-refractivity contribution in [1.82, 2.24) is 24.9 Å². The molecular formula is C15H15N5O4. The molecule has 0 aliphatic rings. The van der Waals surface area contributed by atoms with E-state index >= 15 is 0 Å². The van der Waals surface area contributed by atoms with Crippen LogP contribution in [0.5, 0.6) is 0 Å². The minimum Gasteiger partial charge on any atom is -0.467 e. The number of nitrogens with one attached hydrogen (secondary N) is 1. The fourth-order valence-corrected chi connectivity index (χ4v) is 2.10. The lowest BCUT2D eigenvalue weighted by molar-refractivity contribution is -0.124. The Hall–Kier alpha value is -3.23. The third-order valence-electron chi connectivity index (χ3n) is 3.18. The molecule has 24 heavy (non-hydrogen) atoms. The average Bonchev–Trinajstić information content (AvgIpc) is 3.19. The molecule has 0 atom stereocenters. The molecule has 3 heterocycles. The smallest absolute Gasteiger partial charge is 0.378 e. The zero-order chi connectivity index (χ0) is 17.1. The van der Waals surface area contributed by atoms with E-state index in [1.54, 1.807) is 12.1 Å². The quantitative estimate of drug-likeness (QED) is 0.689. The van der Waals surface area contributed by atoms with Crippen molar-refractivity contribution in [2.75, 3.05) is 6.61 Å². The number of aromatic nitrogens is 4. The fraction of sp³-hybridized carbons (Fsp3) is 0.267. The number of hydrogen-bond donors (Lipinski definition) is 1. The van der Waals surface area contributed by atoms with Crippen molar-refractivity contribution in [3.05, 3.63) is 47.4 Å². The molecule has 0 unspecified atom stereocenters. The van der Waals surface area contributed by atoms with Gasteiger partial charge in [0.1, 0.15) is 5.76 Å². The van der Waals surface area contributed by atoms with Crippen LogP contribution in [0.1, 0.15) is 27.8 Å². The van der Waals surface area contributed by atoms with E-state index in [1.165, 1.54) is 10.8 Å². The zero-order valence-electron chi connectivity index (χ0n) is 13.1. The standard InChI is InChI=1S/C15H15N5O4/c1-9-6-10(2)20-15(17-9)18-13(19-20)14(22)24-8-12(21)16-7-11-4-3-5-23-11/h3-6H,7-8H2,1-2H3,(H,16,21). The monoisotopic (exact) mass is 329 g/mol. The number of esters is 1. The maximum absolute atomic E-state index is 12.0. The average molecular weight is 329 g/mol. The molecule has 0 fully saturated rings. The molecule has 3 aromatic heterocycles. The Balaban J connectivity index is 1.58. The van der Waals surface area contributed by atoms with E-state index in [-0.39, 0.29) is 12.4 Å². The summed E-state index contributed by atoms with van der Waals surface area (Å²) in [6.45, 7) is 3.44. The highest BCUT2D eigenvalue weighted by atomic mass is 16.5. The van der Waals surface area contributed by atoms with Gasteiger partial charge >= 0.3 is 5.97 Å². The Morgan fingerprint density at radius 2 is 2.17 bits per heavy atom. The summed E-state index contributed by atoms with van der Waals surface area (Å²) in [7, 11) is 0. The topological polar surface area (TPSA) is 112 Å². The van der Waals surface area contributed by atoms with E-state index in [2.05, 4.69) is 20.4 Å². The van der Waals surface area contributed by atoms with Crippen LogP contribution in [0.25, 0.3) is 5.78 Å². The molecule has 124 valence electrons. The number of rotatable bonds is 5. The lowest BCUT2D eigenvalue weighted by Gasteiger charge is -2.03. The van der Waals surface area contributed by atoms with Crippen molar-refractivity contribution in [2.24, 2.45) is 0 Å². The molecule has 1 N–H and O–H groups in total. The summed E-state index contributed by atoms with van der Waals surface area (Å²) >= 11 is 0. The first kappa shape index (κ1) is 15.7. The van der Waals surface area contributed by atoms with Gasteiger partial charge in [-0.25, -0.2) is 14.3 Å². The number of fused-ring (bicyclic) bond motifs is 1. The molecule has 0 bridgehead atoms. The van der Waals surface area contributed by atoms with Crippen LogP contribution in [0.4, 0.5) is 0 Å². The Morgan fingerprint density at radius 3 is 2.92 bits per heavy atom. The van der Waals surface area contributed by atoms with Gasteiger partial charge in [-0.1, -0.05) is 0 Å². The van der Waals surface area contributed by atoms with Gasteiger partial charge in [-0.2, -0.15) is 4.98 Å². The van der Waals surface area contributed by atoms with Gasteiger partial charge in [-0.05, 0) is 32.0 Å². The predicted molar refractivity (Wildman–Crippen MR) is 81.1 cm³/mol. The van der Waals surface area contributed by atoms with Crippen molar-refractivity contribution in [3.63, 3.8) is 0 Å². The van der Waals surface area contributed by atoms with Crippen LogP contribution >= 0.6 is 0 Å².